The third kappa shape index (κ3) is 5.68. The number of carbonyl (C=O) groups excluding carboxylic acids is 1. The monoisotopic (exact) mass is 396 g/mol. The summed E-state index contributed by atoms with van der Waals surface area (Å²) in [7, 11) is 4.09. The molecule has 2 aromatic heterocycles. The van der Waals surface area contributed by atoms with Crippen molar-refractivity contribution in [1.82, 2.24) is 20.4 Å². The van der Waals surface area contributed by atoms with E-state index in [9.17, 15) is 4.79 Å². The summed E-state index contributed by atoms with van der Waals surface area (Å²) in [5, 5.41) is 7.64. The van der Waals surface area contributed by atoms with Gasteiger partial charge in [0.2, 0.25) is 0 Å². The van der Waals surface area contributed by atoms with E-state index in [-0.39, 0.29) is 5.91 Å². The van der Waals surface area contributed by atoms with Gasteiger partial charge in [0.25, 0.3) is 5.91 Å². The van der Waals surface area contributed by atoms with Crippen LogP contribution in [0.2, 0.25) is 0 Å². The van der Waals surface area contributed by atoms with Crippen LogP contribution in [0, 0.1) is 6.92 Å². The van der Waals surface area contributed by atoms with Crippen molar-refractivity contribution in [3.05, 3.63) is 76.8 Å². The van der Waals surface area contributed by atoms with Crippen LogP contribution < -0.4 is 5.32 Å². The third-order valence-corrected chi connectivity index (χ3v) is 5.06. The molecule has 146 valence electrons. The van der Waals surface area contributed by atoms with Crippen LogP contribution in [0.3, 0.4) is 0 Å². The zero-order valence-electron chi connectivity index (χ0n) is 16.3. The highest BCUT2D eigenvalue weighted by molar-refractivity contribution is 7.98. The second kappa shape index (κ2) is 9.52. The van der Waals surface area contributed by atoms with E-state index in [0.717, 1.165) is 23.6 Å². The van der Waals surface area contributed by atoms with Crippen LogP contribution in [-0.4, -0.2) is 35.0 Å². The number of benzene rings is 1. The van der Waals surface area contributed by atoms with Gasteiger partial charge in [0.1, 0.15) is 10.8 Å². The predicted octanol–water partition coefficient (Wildman–Crippen LogP) is 3.66. The molecule has 7 heteroatoms. The summed E-state index contributed by atoms with van der Waals surface area (Å²) in [4.78, 5) is 19.1. The minimum absolute atomic E-state index is 0.135. The van der Waals surface area contributed by atoms with Crippen molar-refractivity contribution in [2.24, 2.45) is 0 Å². The van der Waals surface area contributed by atoms with Gasteiger partial charge in [-0.3, -0.25) is 4.79 Å². The molecule has 1 aromatic carbocycles. The Labute approximate surface area is 169 Å². The van der Waals surface area contributed by atoms with Crippen LogP contribution in [0.4, 0.5) is 0 Å². The second-order valence-corrected chi connectivity index (χ2v) is 7.77. The van der Waals surface area contributed by atoms with Crippen LogP contribution >= 0.6 is 11.8 Å². The van der Waals surface area contributed by atoms with Crippen molar-refractivity contribution in [2.45, 2.75) is 30.8 Å². The first kappa shape index (κ1) is 20.1. The predicted molar refractivity (Wildman–Crippen MR) is 110 cm³/mol. The van der Waals surface area contributed by atoms with Gasteiger partial charge < -0.3 is 14.7 Å². The number of amides is 1. The van der Waals surface area contributed by atoms with Gasteiger partial charge in [0, 0.05) is 31.1 Å². The minimum atomic E-state index is -0.135. The highest BCUT2D eigenvalue weighted by Crippen LogP contribution is 2.24. The molecule has 0 radical (unpaired) electrons. The molecular formula is C21H24N4O2S. The van der Waals surface area contributed by atoms with E-state index in [2.05, 4.69) is 32.5 Å². The van der Waals surface area contributed by atoms with Crippen molar-refractivity contribution in [2.75, 3.05) is 14.1 Å². The average Bonchev–Trinajstić information content (AvgIpc) is 3.10. The molecule has 0 fully saturated rings. The number of hydrogen-bond donors (Lipinski definition) is 1. The fourth-order valence-corrected chi connectivity index (χ4v) is 3.58. The summed E-state index contributed by atoms with van der Waals surface area (Å²) in [5.74, 6) is 1.23. The highest BCUT2D eigenvalue weighted by atomic mass is 32.2. The highest BCUT2D eigenvalue weighted by Gasteiger charge is 2.13. The number of carbonyl (C=O) groups is 1. The molecular weight excluding hydrogens is 372 g/mol. The molecule has 0 saturated heterocycles. The average molecular weight is 397 g/mol. The van der Waals surface area contributed by atoms with Crippen molar-refractivity contribution < 1.29 is 9.32 Å². The molecule has 2 heterocycles. The maximum Gasteiger partial charge on any atom is 0.254 e. The third-order valence-electron chi connectivity index (χ3n) is 4.02. The number of nitrogens with one attached hydrogen (secondary N) is 1. The quantitative estimate of drug-likeness (QED) is 0.586. The molecule has 0 aliphatic rings. The zero-order chi connectivity index (χ0) is 19.9. The standard InChI is InChI=1S/C21H24N4O2S/c1-15-11-18(24-27-15)14-28-21-19(5-4-10-22-21)20(26)23-12-16-6-8-17(9-7-16)13-25(2)3/h4-11H,12-14H2,1-3H3,(H,23,26). The van der Waals surface area contributed by atoms with Gasteiger partial charge in [-0.05, 0) is 44.3 Å². The smallest absolute Gasteiger partial charge is 0.254 e. The van der Waals surface area contributed by atoms with E-state index >= 15 is 0 Å². The molecule has 0 unspecified atom stereocenters. The summed E-state index contributed by atoms with van der Waals surface area (Å²) in [6, 6.07) is 13.7. The number of rotatable bonds is 8. The molecule has 1 N–H and O–H groups in total. The number of aryl methyl sites for hydroxylation is 1. The van der Waals surface area contributed by atoms with Crippen molar-refractivity contribution in [3.8, 4) is 0 Å². The Kier molecular flexibility index (Phi) is 6.84. The topological polar surface area (TPSA) is 71.3 Å². The van der Waals surface area contributed by atoms with Gasteiger partial charge in [-0.15, -0.1) is 0 Å². The van der Waals surface area contributed by atoms with E-state index in [0.29, 0.717) is 22.9 Å². The molecule has 6 nitrogen and oxygen atoms in total. The lowest BCUT2D eigenvalue weighted by Crippen LogP contribution is -2.23. The minimum Gasteiger partial charge on any atom is -0.361 e. The molecule has 0 aliphatic carbocycles. The molecule has 3 rings (SSSR count). The van der Waals surface area contributed by atoms with Crippen LogP contribution in [0.1, 0.15) is 32.9 Å². The molecule has 0 bridgehead atoms. The fraction of sp³-hybridized carbons (Fsp3) is 0.286. The second-order valence-electron chi connectivity index (χ2n) is 6.81. The van der Waals surface area contributed by atoms with Gasteiger partial charge in [-0.2, -0.15) is 0 Å². The molecule has 0 aliphatic heterocycles. The Morgan fingerprint density at radius 2 is 1.93 bits per heavy atom. The van der Waals surface area contributed by atoms with Crippen LogP contribution in [0.15, 0.2) is 58.2 Å². The van der Waals surface area contributed by atoms with Gasteiger partial charge in [0.15, 0.2) is 0 Å². The SMILES string of the molecule is Cc1cc(CSc2ncccc2C(=O)NCc2ccc(CN(C)C)cc2)no1. The van der Waals surface area contributed by atoms with Crippen molar-refractivity contribution >= 4 is 17.7 Å². The number of nitrogens with zero attached hydrogens (tertiary/aromatic N) is 3. The van der Waals surface area contributed by atoms with Crippen molar-refractivity contribution in [3.63, 3.8) is 0 Å². The summed E-state index contributed by atoms with van der Waals surface area (Å²) >= 11 is 1.47. The fourth-order valence-electron chi connectivity index (χ4n) is 2.71. The van der Waals surface area contributed by atoms with Crippen LogP contribution in [-0.2, 0) is 18.8 Å². The van der Waals surface area contributed by atoms with Crippen LogP contribution in [0.5, 0.6) is 0 Å². The molecule has 28 heavy (non-hydrogen) atoms. The summed E-state index contributed by atoms with van der Waals surface area (Å²) in [5.41, 5.74) is 3.70. The Balaban J connectivity index is 1.59. The van der Waals surface area contributed by atoms with Crippen LogP contribution in [0.25, 0.3) is 0 Å². The first-order valence-corrected chi connectivity index (χ1v) is 10.0. The normalized spacial score (nSPS) is 11.0. The first-order chi connectivity index (χ1) is 13.5. The first-order valence-electron chi connectivity index (χ1n) is 9.02. The maximum absolute atomic E-state index is 12.7. The zero-order valence-corrected chi connectivity index (χ0v) is 17.1. The summed E-state index contributed by atoms with van der Waals surface area (Å²) in [6.45, 7) is 3.23. The summed E-state index contributed by atoms with van der Waals surface area (Å²) in [6.07, 6.45) is 1.69. The van der Waals surface area contributed by atoms with E-state index in [1.54, 1.807) is 18.3 Å². The Hall–Kier alpha value is -2.64. The van der Waals surface area contributed by atoms with E-state index in [1.165, 1.54) is 17.3 Å². The lowest BCUT2D eigenvalue weighted by atomic mass is 10.1. The van der Waals surface area contributed by atoms with Gasteiger partial charge in [-0.25, -0.2) is 4.98 Å². The Bertz CT molecular complexity index is 922. The van der Waals surface area contributed by atoms with E-state index in [1.807, 2.05) is 39.2 Å². The largest absolute Gasteiger partial charge is 0.361 e. The van der Waals surface area contributed by atoms with E-state index < -0.39 is 0 Å². The number of pyridine rings is 1. The molecule has 0 spiro atoms. The van der Waals surface area contributed by atoms with Gasteiger partial charge in [-0.1, -0.05) is 41.2 Å². The van der Waals surface area contributed by atoms with E-state index in [4.69, 9.17) is 4.52 Å². The maximum atomic E-state index is 12.7. The number of hydrogen-bond acceptors (Lipinski definition) is 6. The lowest BCUT2D eigenvalue weighted by Gasteiger charge is -2.11. The van der Waals surface area contributed by atoms with Gasteiger partial charge >= 0.3 is 0 Å². The number of thioether (sulfide) groups is 1. The van der Waals surface area contributed by atoms with Crippen molar-refractivity contribution in [1.29, 1.82) is 0 Å². The summed E-state index contributed by atoms with van der Waals surface area (Å²) < 4.78 is 5.08. The molecule has 0 atom stereocenters. The Morgan fingerprint density at radius 3 is 2.61 bits per heavy atom. The van der Waals surface area contributed by atoms with Gasteiger partial charge in [0.05, 0.1) is 11.3 Å². The molecule has 3 aromatic rings. The molecule has 1 amide bonds. The molecule has 0 saturated carbocycles. The lowest BCUT2D eigenvalue weighted by molar-refractivity contribution is 0.0947. The number of aromatic nitrogens is 2. The Morgan fingerprint density at radius 1 is 1.18 bits per heavy atom.